The third kappa shape index (κ3) is 5.32. The van der Waals surface area contributed by atoms with E-state index in [9.17, 15) is 33.4 Å². The zero-order valence-electron chi connectivity index (χ0n) is 18.5. The number of carboxylic acids is 1. The summed E-state index contributed by atoms with van der Waals surface area (Å²) >= 11 is 0. The number of rotatable bonds is 9. The molecular weight excluding hydrogens is 452 g/mol. The summed E-state index contributed by atoms with van der Waals surface area (Å²) in [5.41, 5.74) is 1.54. The zero-order chi connectivity index (χ0) is 25.2. The van der Waals surface area contributed by atoms with Crippen LogP contribution in [-0.2, 0) is 9.59 Å². The number of nitrogens with one attached hydrogen (secondary N) is 3. The molecule has 6 N–H and O–H groups in total. The van der Waals surface area contributed by atoms with Gasteiger partial charge in [-0.15, -0.1) is 0 Å². The number of aryl methyl sites for hydroxylation is 1. The Balaban J connectivity index is 1.72. The predicted octanol–water partition coefficient (Wildman–Crippen LogP) is 2.11. The molecule has 2 heterocycles. The van der Waals surface area contributed by atoms with E-state index in [2.05, 4.69) is 15.6 Å². The van der Waals surface area contributed by atoms with E-state index in [4.69, 9.17) is 5.11 Å². The average molecular weight is 477 g/mol. The van der Waals surface area contributed by atoms with Crippen LogP contribution in [0.2, 0.25) is 0 Å². The van der Waals surface area contributed by atoms with E-state index in [0.29, 0.717) is 22.5 Å². The van der Waals surface area contributed by atoms with Crippen LogP contribution in [0.15, 0.2) is 12.1 Å². The molecule has 0 saturated carbocycles. The molecule has 34 heavy (non-hydrogen) atoms. The summed E-state index contributed by atoms with van der Waals surface area (Å²) in [5.74, 6) is -4.46. The van der Waals surface area contributed by atoms with Crippen LogP contribution in [0, 0.1) is 25.5 Å². The highest BCUT2D eigenvalue weighted by Gasteiger charge is 2.30. The summed E-state index contributed by atoms with van der Waals surface area (Å²) in [7, 11) is 0. The molecule has 0 bridgehead atoms. The number of aliphatic hydroxyl groups is 2. The van der Waals surface area contributed by atoms with Crippen molar-refractivity contribution < 1.29 is 38.5 Å². The van der Waals surface area contributed by atoms with Crippen molar-refractivity contribution in [3.05, 3.63) is 51.8 Å². The van der Waals surface area contributed by atoms with Gasteiger partial charge in [0.1, 0.15) is 0 Å². The van der Waals surface area contributed by atoms with Crippen molar-refractivity contribution in [1.82, 2.24) is 10.3 Å². The molecule has 2 amide bonds. The van der Waals surface area contributed by atoms with Crippen LogP contribution in [0.4, 0.5) is 14.5 Å². The SMILES string of the molecule is Cc1[nH]c(/C=C2\C(=O)Nc3ccc(F)c(F)c32)c(C)c1C(=O)NCC[C@@H](O)C[C@@H](O)CC(=O)O. The Hall–Kier alpha value is -3.57. The number of aromatic nitrogens is 1. The number of hydrogen-bond acceptors (Lipinski definition) is 5. The number of amides is 2. The number of carboxylic acid groups (broad SMARTS) is 1. The third-order valence-corrected chi connectivity index (χ3v) is 5.57. The lowest BCUT2D eigenvalue weighted by Gasteiger charge is -2.14. The molecule has 0 saturated heterocycles. The van der Waals surface area contributed by atoms with Gasteiger partial charge in [-0.25, -0.2) is 8.78 Å². The van der Waals surface area contributed by atoms with Crippen LogP contribution in [0.1, 0.15) is 52.1 Å². The maximum absolute atomic E-state index is 14.3. The number of aliphatic hydroxyl groups excluding tert-OH is 2. The van der Waals surface area contributed by atoms with Crippen molar-refractivity contribution in [1.29, 1.82) is 0 Å². The molecule has 0 unspecified atom stereocenters. The quantitative estimate of drug-likeness (QED) is 0.304. The molecule has 1 aliphatic rings. The molecule has 0 radical (unpaired) electrons. The van der Waals surface area contributed by atoms with Crippen LogP contribution in [0.25, 0.3) is 11.6 Å². The van der Waals surface area contributed by atoms with E-state index in [1.807, 2.05) is 0 Å². The predicted molar refractivity (Wildman–Crippen MR) is 119 cm³/mol. The molecule has 9 nitrogen and oxygen atoms in total. The van der Waals surface area contributed by atoms with E-state index < -0.39 is 48.0 Å². The van der Waals surface area contributed by atoms with Gasteiger partial charge in [0.05, 0.1) is 35.5 Å². The lowest BCUT2D eigenvalue weighted by Crippen LogP contribution is -2.29. The van der Waals surface area contributed by atoms with Crippen molar-refractivity contribution in [2.24, 2.45) is 0 Å². The second kappa shape index (κ2) is 10.1. The monoisotopic (exact) mass is 477 g/mol. The highest BCUT2D eigenvalue weighted by Crippen LogP contribution is 2.36. The Bertz CT molecular complexity index is 1170. The molecule has 0 fully saturated rings. The van der Waals surface area contributed by atoms with Gasteiger partial charge < -0.3 is 30.9 Å². The van der Waals surface area contributed by atoms with E-state index >= 15 is 0 Å². The van der Waals surface area contributed by atoms with E-state index in [-0.39, 0.29) is 36.2 Å². The maximum atomic E-state index is 14.3. The lowest BCUT2D eigenvalue weighted by atomic mass is 10.0. The fraction of sp³-hybridized carbons (Fsp3) is 0.348. The van der Waals surface area contributed by atoms with Gasteiger partial charge in [-0.05, 0) is 50.5 Å². The third-order valence-electron chi connectivity index (χ3n) is 5.57. The summed E-state index contributed by atoms with van der Waals surface area (Å²) in [4.78, 5) is 38.6. The molecular formula is C23H25F2N3O6. The molecule has 2 atom stereocenters. The number of hydrogen-bond donors (Lipinski definition) is 6. The molecule has 2 aromatic rings. The van der Waals surface area contributed by atoms with Gasteiger partial charge in [0, 0.05) is 23.5 Å². The number of aliphatic carboxylic acids is 1. The Morgan fingerprint density at radius 1 is 1.18 bits per heavy atom. The van der Waals surface area contributed by atoms with Crippen LogP contribution < -0.4 is 10.6 Å². The molecule has 1 aromatic carbocycles. The molecule has 182 valence electrons. The highest BCUT2D eigenvalue weighted by molar-refractivity contribution is 6.35. The number of benzene rings is 1. The van der Waals surface area contributed by atoms with Crippen molar-refractivity contribution >= 4 is 35.1 Å². The second-order valence-corrected chi connectivity index (χ2v) is 8.15. The number of anilines is 1. The standard InChI is InChI=1S/C23H25F2N3O6/c1-10-17(9-14-20-16(28-22(14)33)4-3-15(24)21(20)25)27-11(2)19(10)23(34)26-6-5-12(29)7-13(30)8-18(31)32/h3-4,9,12-13,27,29-30H,5-8H2,1-2H3,(H,26,34)(H,28,33)(H,31,32)/b14-9-/t12-,13-/m1/s1. The molecule has 0 aliphatic carbocycles. The van der Waals surface area contributed by atoms with Gasteiger partial charge in [-0.3, -0.25) is 14.4 Å². The molecule has 1 aromatic heterocycles. The number of carbonyl (C=O) groups excluding carboxylic acids is 2. The van der Waals surface area contributed by atoms with Gasteiger partial charge in [0.15, 0.2) is 11.6 Å². The fourth-order valence-corrected chi connectivity index (χ4v) is 3.92. The minimum absolute atomic E-state index is 0.0700. The van der Waals surface area contributed by atoms with Crippen LogP contribution in [0.5, 0.6) is 0 Å². The summed E-state index contributed by atoms with van der Waals surface area (Å²) in [6.07, 6.45) is -1.35. The van der Waals surface area contributed by atoms with Gasteiger partial charge >= 0.3 is 5.97 Å². The summed E-state index contributed by atoms with van der Waals surface area (Å²) in [6.45, 7) is 3.35. The number of halogens is 2. The molecule has 11 heteroatoms. The average Bonchev–Trinajstić information content (AvgIpc) is 3.20. The van der Waals surface area contributed by atoms with Crippen molar-refractivity contribution in [2.75, 3.05) is 11.9 Å². The van der Waals surface area contributed by atoms with Gasteiger partial charge in [0.2, 0.25) is 0 Å². The Labute approximate surface area is 193 Å². The fourth-order valence-electron chi connectivity index (χ4n) is 3.92. The minimum Gasteiger partial charge on any atom is -0.481 e. The smallest absolute Gasteiger partial charge is 0.305 e. The first kappa shape index (κ1) is 25.1. The highest BCUT2D eigenvalue weighted by atomic mass is 19.2. The first-order chi connectivity index (χ1) is 16.0. The molecule has 1 aliphatic heterocycles. The first-order valence-corrected chi connectivity index (χ1v) is 10.6. The summed E-state index contributed by atoms with van der Waals surface area (Å²) < 4.78 is 28.0. The number of fused-ring (bicyclic) bond motifs is 1. The number of H-pyrrole nitrogens is 1. The Morgan fingerprint density at radius 3 is 2.56 bits per heavy atom. The van der Waals surface area contributed by atoms with Gasteiger partial charge in [0.25, 0.3) is 11.8 Å². The first-order valence-electron chi connectivity index (χ1n) is 10.6. The van der Waals surface area contributed by atoms with Crippen LogP contribution in [-0.4, -0.2) is 56.8 Å². The number of carbonyl (C=O) groups is 3. The summed E-state index contributed by atoms with van der Waals surface area (Å²) in [6, 6.07) is 2.20. The van der Waals surface area contributed by atoms with Crippen LogP contribution >= 0.6 is 0 Å². The van der Waals surface area contributed by atoms with Crippen LogP contribution in [0.3, 0.4) is 0 Å². The number of aromatic amines is 1. The van der Waals surface area contributed by atoms with E-state index in [0.717, 1.165) is 6.07 Å². The van der Waals surface area contributed by atoms with Gasteiger partial charge in [-0.1, -0.05) is 0 Å². The van der Waals surface area contributed by atoms with Crippen molar-refractivity contribution in [3.8, 4) is 0 Å². The molecule has 0 spiro atoms. The lowest BCUT2D eigenvalue weighted by molar-refractivity contribution is -0.139. The minimum atomic E-state index is -1.19. The zero-order valence-corrected chi connectivity index (χ0v) is 18.5. The second-order valence-electron chi connectivity index (χ2n) is 8.15. The van der Waals surface area contributed by atoms with Gasteiger partial charge in [-0.2, -0.15) is 0 Å². The normalized spacial score (nSPS) is 15.7. The van der Waals surface area contributed by atoms with Crippen molar-refractivity contribution in [3.63, 3.8) is 0 Å². The largest absolute Gasteiger partial charge is 0.481 e. The molecule has 3 rings (SSSR count). The Kier molecular flexibility index (Phi) is 7.48. The topological polar surface area (TPSA) is 152 Å². The maximum Gasteiger partial charge on any atom is 0.305 e. The summed E-state index contributed by atoms with van der Waals surface area (Å²) in [5, 5.41) is 33.3. The van der Waals surface area contributed by atoms with E-state index in [1.165, 1.54) is 12.1 Å². The van der Waals surface area contributed by atoms with Crippen molar-refractivity contribution in [2.45, 2.75) is 45.3 Å². The Morgan fingerprint density at radius 2 is 1.88 bits per heavy atom. The van der Waals surface area contributed by atoms with E-state index in [1.54, 1.807) is 13.8 Å².